The number of nitrogens with one attached hydrogen (secondary N) is 1. The SMILES string of the molecule is Cc1cc(-c2ccc(CC(=O)Nc3ncc(C4=CCCC=C4)cn3)cc2)ccn1. The minimum atomic E-state index is -0.137. The molecule has 1 N–H and O–H groups in total. The topological polar surface area (TPSA) is 67.8 Å². The van der Waals surface area contributed by atoms with Gasteiger partial charge in [0.1, 0.15) is 0 Å². The summed E-state index contributed by atoms with van der Waals surface area (Å²) in [4.78, 5) is 25.1. The van der Waals surface area contributed by atoms with Crippen molar-refractivity contribution >= 4 is 17.4 Å². The van der Waals surface area contributed by atoms with Crippen molar-refractivity contribution in [3.05, 3.63) is 90.0 Å². The van der Waals surface area contributed by atoms with Gasteiger partial charge in [-0.3, -0.25) is 15.1 Å². The number of carbonyl (C=O) groups is 1. The lowest BCUT2D eigenvalue weighted by Crippen LogP contribution is -2.16. The number of amides is 1. The number of aromatic nitrogens is 3. The molecule has 0 radical (unpaired) electrons. The summed E-state index contributed by atoms with van der Waals surface area (Å²) in [6, 6.07) is 12.0. The quantitative estimate of drug-likeness (QED) is 0.691. The van der Waals surface area contributed by atoms with Gasteiger partial charge in [-0.2, -0.15) is 0 Å². The zero-order chi connectivity index (χ0) is 20.1. The highest BCUT2D eigenvalue weighted by Crippen LogP contribution is 2.21. The molecule has 0 unspecified atom stereocenters. The van der Waals surface area contributed by atoms with Crippen molar-refractivity contribution in [3.63, 3.8) is 0 Å². The number of benzene rings is 1. The van der Waals surface area contributed by atoms with Crippen LogP contribution in [0.5, 0.6) is 0 Å². The predicted molar refractivity (Wildman–Crippen MR) is 115 cm³/mol. The summed E-state index contributed by atoms with van der Waals surface area (Å²) in [7, 11) is 0. The molecule has 4 rings (SSSR count). The third-order valence-electron chi connectivity index (χ3n) is 4.78. The molecular formula is C24H22N4O. The summed E-state index contributed by atoms with van der Waals surface area (Å²) < 4.78 is 0. The van der Waals surface area contributed by atoms with E-state index in [-0.39, 0.29) is 12.3 Å². The van der Waals surface area contributed by atoms with Gasteiger partial charge in [-0.25, -0.2) is 9.97 Å². The molecule has 1 aliphatic carbocycles. The van der Waals surface area contributed by atoms with Crippen LogP contribution in [0.2, 0.25) is 0 Å². The van der Waals surface area contributed by atoms with Crippen LogP contribution in [0.15, 0.2) is 73.2 Å². The van der Waals surface area contributed by atoms with Crippen LogP contribution in [0.3, 0.4) is 0 Å². The Bertz CT molecular complexity index is 1070. The van der Waals surface area contributed by atoms with Crippen LogP contribution in [0.4, 0.5) is 5.95 Å². The molecule has 2 heterocycles. The zero-order valence-electron chi connectivity index (χ0n) is 16.3. The molecule has 0 spiro atoms. The van der Waals surface area contributed by atoms with Crippen LogP contribution in [-0.2, 0) is 11.2 Å². The van der Waals surface area contributed by atoms with Gasteiger partial charge in [-0.15, -0.1) is 0 Å². The van der Waals surface area contributed by atoms with Gasteiger partial charge in [-0.1, -0.05) is 42.5 Å². The number of anilines is 1. The molecule has 1 aromatic carbocycles. The average molecular weight is 382 g/mol. The molecule has 1 amide bonds. The van der Waals surface area contributed by atoms with Crippen molar-refractivity contribution in [2.75, 3.05) is 5.32 Å². The Morgan fingerprint density at radius 3 is 2.45 bits per heavy atom. The molecule has 144 valence electrons. The molecule has 29 heavy (non-hydrogen) atoms. The number of hydrogen-bond donors (Lipinski definition) is 1. The molecule has 0 atom stereocenters. The number of allylic oxidation sites excluding steroid dienone is 4. The second kappa shape index (κ2) is 8.61. The molecule has 0 saturated heterocycles. The number of aryl methyl sites for hydroxylation is 1. The molecule has 0 aliphatic heterocycles. The van der Waals surface area contributed by atoms with E-state index in [4.69, 9.17) is 0 Å². The molecule has 2 aromatic heterocycles. The fourth-order valence-electron chi connectivity index (χ4n) is 3.26. The second-order valence-corrected chi connectivity index (χ2v) is 7.04. The van der Waals surface area contributed by atoms with Crippen molar-refractivity contribution in [2.24, 2.45) is 0 Å². The maximum Gasteiger partial charge on any atom is 0.231 e. The molecule has 5 nitrogen and oxygen atoms in total. The van der Waals surface area contributed by atoms with Gasteiger partial charge >= 0.3 is 0 Å². The fourth-order valence-corrected chi connectivity index (χ4v) is 3.26. The van der Waals surface area contributed by atoms with Gasteiger partial charge in [0.2, 0.25) is 11.9 Å². The minimum Gasteiger partial charge on any atom is -0.294 e. The minimum absolute atomic E-state index is 0.137. The maximum absolute atomic E-state index is 12.3. The van der Waals surface area contributed by atoms with E-state index < -0.39 is 0 Å². The number of pyridine rings is 1. The largest absolute Gasteiger partial charge is 0.294 e. The normalized spacial score (nSPS) is 13.1. The molecule has 1 aliphatic rings. The van der Waals surface area contributed by atoms with E-state index in [2.05, 4.69) is 38.5 Å². The Balaban J connectivity index is 1.37. The van der Waals surface area contributed by atoms with Gasteiger partial charge in [0, 0.05) is 29.8 Å². The van der Waals surface area contributed by atoms with Crippen LogP contribution < -0.4 is 5.32 Å². The highest BCUT2D eigenvalue weighted by Gasteiger charge is 2.08. The van der Waals surface area contributed by atoms with Crippen molar-refractivity contribution in [3.8, 4) is 11.1 Å². The zero-order valence-corrected chi connectivity index (χ0v) is 16.3. The van der Waals surface area contributed by atoms with E-state index >= 15 is 0 Å². The lowest BCUT2D eigenvalue weighted by Gasteiger charge is -2.08. The third-order valence-corrected chi connectivity index (χ3v) is 4.78. The van der Waals surface area contributed by atoms with E-state index in [1.807, 2.05) is 43.3 Å². The lowest BCUT2D eigenvalue weighted by molar-refractivity contribution is -0.115. The van der Waals surface area contributed by atoms with Crippen LogP contribution >= 0.6 is 0 Å². The summed E-state index contributed by atoms with van der Waals surface area (Å²) in [5, 5.41) is 2.77. The fraction of sp³-hybridized carbons (Fsp3) is 0.167. The third kappa shape index (κ3) is 4.82. The highest BCUT2D eigenvalue weighted by atomic mass is 16.1. The Hall–Kier alpha value is -3.60. The summed E-state index contributed by atoms with van der Waals surface area (Å²) in [6.07, 6.45) is 14.1. The Morgan fingerprint density at radius 1 is 0.966 bits per heavy atom. The summed E-state index contributed by atoms with van der Waals surface area (Å²) in [5.41, 5.74) is 6.22. The van der Waals surface area contributed by atoms with Crippen molar-refractivity contribution < 1.29 is 4.79 Å². The predicted octanol–water partition coefficient (Wildman–Crippen LogP) is 4.76. The molecule has 0 fully saturated rings. The monoisotopic (exact) mass is 382 g/mol. The van der Waals surface area contributed by atoms with Crippen LogP contribution in [0.1, 0.15) is 29.7 Å². The number of carbonyl (C=O) groups excluding carboxylic acids is 1. The van der Waals surface area contributed by atoms with E-state index in [1.54, 1.807) is 18.6 Å². The van der Waals surface area contributed by atoms with E-state index in [0.29, 0.717) is 5.95 Å². The molecule has 0 saturated carbocycles. The molecule has 0 bridgehead atoms. The first kappa shape index (κ1) is 18.7. The first-order valence-corrected chi connectivity index (χ1v) is 9.68. The molecular weight excluding hydrogens is 360 g/mol. The average Bonchev–Trinajstić information content (AvgIpc) is 2.75. The highest BCUT2D eigenvalue weighted by molar-refractivity contribution is 5.90. The summed E-state index contributed by atoms with van der Waals surface area (Å²) >= 11 is 0. The van der Waals surface area contributed by atoms with Gasteiger partial charge in [0.25, 0.3) is 0 Å². The summed E-state index contributed by atoms with van der Waals surface area (Å²) in [6.45, 7) is 1.97. The van der Waals surface area contributed by atoms with Crippen molar-refractivity contribution in [1.82, 2.24) is 15.0 Å². The van der Waals surface area contributed by atoms with Crippen molar-refractivity contribution in [2.45, 2.75) is 26.2 Å². The van der Waals surface area contributed by atoms with Crippen LogP contribution in [0, 0.1) is 6.92 Å². The molecule has 3 aromatic rings. The summed E-state index contributed by atoms with van der Waals surface area (Å²) in [5.74, 6) is 0.185. The number of hydrogen-bond acceptors (Lipinski definition) is 4. The first-order chi connectivity index (χ1) is 14.2. The van der Waals surface area contributed by atoms with E-state index in [1.165, 1.54) is 0 Å². The number of nitrogens with zero attached hydrogens (tertiary/aromatic N) is 3. The van der Waals surface area contributed by atoms with Gasteiger partial charge in [0.05, 0.1) is 6.42 Å². The van der Waals surface area contributed by atoms with Crippen LogP contribution in [-0.4, -0.2) is 20.9 Å². The van der Waals surface area contributed by atoms with Crippen LogP contribution in [0.25, 0.3) is 16.7 Å². The standard InChI is InChI=1S/C24H22N4O/c1-17-13-21(11-12-25-17)20-9-7-18(8-10-20)14-23(29)28-24-26-15-22(16-27-24)19-5-3-2-4-6-19/h3,5-13,15-16H,2,4,14H2,1H3,(H,26,27,28,29). The Labute approximate surface area is 170 Å². The molecule has 5 heteroatoms. The number of rotatable bonds is 5. The van der Waals surface area contributed by atoms with Gasteiger partial charge in [-0.05, 0) is 54.2 Å². The van der Waals surface area contributed by atoms with E-state index in [0.717, 1.165) is 46.4 Å². The second-order valence-electron chi connectivity index (χ2n) is 7.04. The first-order valence-electron chi connectivity index (χ1n) is 9.68. The Kier molecular flexibility index (Phi) is 5.56. The van der Waals surface area contributed by atoms with Crippen molar-refractivity contribution in [1.29, 1.82) is 0 Å². The lowest BCUT2D eigenvalue weighted by atomic mass is 10.0. The van der Waals surface area contributed by atoms with E-state index in [9.17, 15) is 4.79 Å². The smallest absolute Gasteiger partial charge is 0.231 e. The Morgan fingerprint density at radius 2 is 1.76 bits per heavy atom. The van der Waals surface area contributed by atoms with Gasteiger partial charge < -0.3 is 0 Å². The maximum atomic E-state index is 12.3. The van der Waals surface area contributed by atoms with Gasteiger partial charge in [0.15, 0.2) is 0 Å².